The number of halogens is 1. The van der Waals surface area contributed by atoms with Gasteiger partial charge in [0, 0.05) is 6.54 Å². The largest absolute Gasteiger partial charge is 0.326 e. The summed E-state index contributed by atoms with van der Waals surface area (Å²) in [5.74, 6) is 0. The van der Waals surface area contributed by atoms with Crippen molar-refractivity contribution in [2.75, 3.05) is 0 Å². The first kappa shape index (κ1) is 10.9. The predicted molar refractivity (Wildman–Crippen MR) is 53.4 cm³/mol. The maximum atomic E-state index is 12.1. The van der Waals surface area contributed by atoms with Gasteiger partial charge >= 0.3 is 10.2 Å². The first-order valence-corrected chi connectivity index (χ1v) is 5.38. The van der Waals surface area contributed by atoms with E-state index in [0.717, 1.165) is 5.56 Å². The van der Waals surface area contributed by atoms with Crippen LogP contribution in [0.4, 0.5) is 3.89 Å². The van der Waals surface area contributed by atoms with E-state index in [1.54, 1.807) is 24.3 Å². The van der Waals surface area contributed by atoms with Gasteiger partial charge in [0.25, 0.3) is 0 Å². The lowest BCUT2D eigenvalue weighted by molar-refractivity contribution is 0.563. The van der Waals surface area contributed by atoms with Crippen LogP contribution in [0.2, 0.25) is 0 Å². The van der Waals surface area contributed by atoms with Gasteiger partial charge in [-0.3, -0.25) is 0 Å². The summed E-state index contributed by atoms with van der Waals surface area (Å²) in [6, 6.07) is 6.85. The highest BCUT2D eigenvalue weighted by molar-refractivity contribution is 7.89. The lowest BCUT2D eigenvalue weighted by Crippen LogP contribution is -1.95. The fourth-order valence-corrected chi connectivity index (χ4v) is 1.24. The minimum absolute atomic E-state index is 0.422. The normalized spacial score (nSPS) is 12.1. The Bertz CT molecular complexity index is 423. The van der Waals surface area contributed by atoms with Gasteiger partial charge < -0.3 is 5.73 Å². The Morgan fingerprint density at radius 1 is 1.29 bits per heavy atom. The Kier molecular flexibility index (Phi) is 3.38. The minimum atomic E-state index is -4.54. The Labute approximate surface area is 82.3 Å². The molecule has 0 heterocycles. The number of hydrogen-bond acceptors (Lipinski definition) is 3. The molecule has 0 amide bonds. The minimum Gasteiger partial charge on any atom is -0.326 e. The van der Waals surface area contributed by atoms with Crippen molar-refractivity contribution in [2.45, 2.75) is 6.54 Å². The first-order chi connectivity index (χ1) is 6.51. The van der Waals surface area contributed by atoms with Crippen molar-refractivity contribution in [3.63, 3.8) is 0 Å². The van der Waals surface area contributed by atoms with Crippen molar-refractivity contribution in [3.05, 3.63) is 40.8 Å². The van der Waals surface area contributed by atoms with E-state index in [-0.39, 0.29) is 0 Å². The van der Waals surface area contributed by atoms with Gasteiger partial charge in [0.15, 0.2) is 0 Å². The molecule has 0 spiro atoms. The van der Waals surface area contributed by atoms with Crippen LogP contribution in [-0.4, -0.2) is 8.42 Å². The smallest absolute Gasteiger partial charge is 0.325 e. The lowest BCUT2D eigenvalue weighted by Gasteiger charge is -1.96. The molecule has 14 heavy (non-hydrogen) atoms. The maximum Gasteiger partial charge on any atom is 0.325 e. The molecule has 1 rings (SSSR count). The summed E-state index contributed by atoms with van der Waals surface area (Å²) in [7, 11) is -4.54. The standard InChI is InChI=1S/C9H10FNO2S/c10-14(12,13)6-5-8-1-3-9(7-11)4-2-8/h1-6H,7,11H2/b6-5+. The molecular formula is C9H10FNO2S. The van der Waals surface area contributed by atoms with E-state index in [9.17, 15) is 12.3 Å². The van der Waals surface area contributed by atoms with E-state index in [1.807, 2.05) is 0 Å². The highest BCUT2D eigenvalue weighted by atomic mass is 32.3. The third-order valence-corrected chi connectivity index (χ3v) is 2.10. The molecule has 0 saturated heterocycles. The van der Waals surface area contributed by atoms with Gasteiger partial charge in [-0.15, -0.1) is 3.89 Å². The van der Waals surface area contributed by atoms with Crippen molar-refractivity contribution in [1.29, 1.82) is 0 Å². The van der Waals surface area contributed by atoms with Crippen LogP contribution in [0, 0.1) is 0 Å². The maximum absolute atomic E-state index is 12.1. The number of rotatable bonds is 3. The summed E-state index contributed by atoms with van der Waals surface area (Å²) < 4.78 is 32.4. The Morgan fingerprint density at radius 3 is 2.29 bits per heavy atom. The summed E-state index contributed by atoms with van der Waals surface area (Å²) in [5.41, 5.74) is 6.92. The van der Waals surface area contributed by atoms with E-state index >= 15 is 0 Å². The van der Waals surface area contributed by atoms with Gasteiger partial charge in [0.05, 0.1) is 5.41 Å². The molecule has 0 atom stereocenters. The summed E-state index contributed by atoms with van der Waals surface area (Å²) in [6.45, 7) is 0.422. The van der Waals surface area contributed by atoms with Crippen molar-refractivity contribution in [1.82, 2.24) is 0 Å². The zero-order valence-electron chi connectivity index (χ0n) is 7.35. The van der Waals surface area contributed by atoms with Crippen molar-refractivity contribution in [3.8, 4) is 0 Å². The van der Waals surface area contributed by atoms with Crippen LogP contribution < -0.4 is 5.73 Å². The van der Waals surface area contributed by atoms with E-state index < -0.39 is 10.2 Å². The van der Waals surface area contributed by atoms with Gasteiger partial charge in [0.2, 0.25) is 0 Å². The molecule has 0 aliphatic heterocycles. The summed E-state index contributed by atoms with van der Waals surface area (Å²) >= 11 is 0. The molecule has 0 fully saturated rings. The molecule has 1 aromatic rings. The SMILES string of the molecule is NCc1ccc(/C=C/S(=O)(=O)F)cc1. The quantitative estimate of drug-likeness (QED) is 0.775. The van der Waals surface area contributed by atoms with Gasteiger partial charge in [-0.1, -0.05) is 24.3 Å². The van der Waals surface area contributed by atoms with Crippen LogP contribution in [-0.2, 0) is 16.8 Å². The molecule has 0 aliphatic rings. The molecule has 2 N–H and O–H groups in total. The monoisotopic (exact) mass is 215 g/mol. The third kappa shape index (κ3) is 3.68. The van der Waals surface area contributed by atoms with Gasteiger partial charge in [-0.05, 0) is 17.2 Å². The zero-order valence-corrected chi connectivity index (χ0v) is 8.17. The van der Waals surface area contributed by atoms with Gasteiger partial charge in [0.1, 0.15) is 0 Å². The number of hydrogen-bond donors (Lipinski definition) is 1. The molecule has 0 radical (unpaired) electrons. The fourth-order valence-electron chi connectivity index (χ4n) is 0.925. The molecule has 0 bridgehead atoms. The molecule has 0 unspecified atom stereocenters. The van der Waals surface area contributed by atoms with Gasteiger partial charge in [-0.25, -0.2) is 0 Å². The molecule has 5 heteroatoms. The Balaban J connectivity index is 2.84. The van der Waals surface area contributed by atoms with Crippen LogP contribution in [0.3, 0.4) is 0 Å². The van der Waals surface area contributed by atoms with E-state index in [4.69, 9.17) is 5.73 Å². The molecule has 1 aromatic carbocycles. The van der Waals surface area contributed by atoms with E-state index in [1.165, 1.54) is 6.08 Å². The molecule has 0 saturated carbocycles. The second-order valence-electron chi connectivity index (χ2n) is 2.72. The highest BCUT2D eigenvalue weighted by Crippen LogP contribution is 2.07. The van der Waals surface area contributed by atoms with Crippen molar-refractivity contribution < 1.29 is 12.3 Å². The van der Waals surface area contributed by atoms with Crippen molar-refractivity contribution in [2.24, 2.45) is 5.73 Å². The topological polar surface area (TPSA) is 60.2 Å². The summed E-state index contributed by atoms with van der Waals surface area (Å²) in [4.78, 5) is 0. The number of nitrogens with two attached hydrogens (primary N) is 1. The Hall–Kier alpha value is -1.20. The van der Waals surface area contributed by atoms with Crippen molar-refractivity contribution >= 4 is 16.3 Å². The molecular weight excluding hydrogens is 205 g/mol. The van der Waals surface area contributed by atoms with Crippen LogP contribution in [0.1, 0.15) is 11.1 Å². The van der Waals surface area contributed by atoms with E-state index in [2.05, 4.69) is 0 Å². The Morgan fingerprint density at radius 2 is 1.86 bits per heavy atom. The van der Waals surface area contributed by atoms with Crippen LogP contribution in [0.5, 0.6) is 0 Å². The third-order valence-electron chi connectivity index (χ3n) is 1.64. The number of benzene rings is 1. The zero-order chi connectivity index (χ0) is 10.6. The fraction of sp³-hybridized carbons (Fsp3) is 0.111. The molecule has 76 valence electrons. The summed E-state index contributed by atoms with van der Waals surface area (Å²) in [6.07, 6.45) is 1.19. The average Bonchev–Trinajstić information content (AvgIpc) is 2.14. The average molecular weight is 215 g/mol. The first-order valence-electron chi connectivity index (χ1n) is 3.93. The second-order valence-corrected chi connectivity index (χ2v) is 3.95. The molecule has 0 aliphatic carbocycles. The van der Waals surface area contributed by atoms with Crippen LogP contribution >= 0.6 is 0 Å². The molecule has 3 nitrogen and oxygen atoms in total. The van der Waals surface area contributed by atoms with Crippen LogP contribution in [0.25, 0.3) is 6.08 Å². The van der Waals surface area contributed by atoms with E-state index in [0.29, 0.717) is 17.5 Å². The predicted octanol–water partition coefficient (Wildman–Crippen LogP) is 1.42. The second kappa shape index (κ2) is 4.34. The van der Waals surface area contributed by atoms with Crippen LogP contribution in [0.15, 0.2) is 29.7 Å². The summed E-state index contributed by atoms with van der Waals surface area (Å²) in [5, 5.41) is 0.518. The molecule has 0 aromatic heterocycles. The van der Waals surface area contributed by atoms with Gasteiger partial charge in [-0.2, -0.15) is 8.42 Å². The lowest BCUT2D eigenvalue weighted by atomic mass is 10.1. The highest BCUT2D eigenvalue weighted by Gasteiger charge is 1.98.